The largest absolute Gasteiger partial charge is 0.481 e. The third-order valence-corrected chi connectivity index (χ3v) is 3.98. The SMILES string of the molecule is Cc1cc(OC(=O)COc2c(C)cccc2C)cc(C)c1Cl. The van der Waals surface area contributed by atoms with Gasteiger partial charge in [-0.15, -0.1) is 0 Å². The van der Waals surface area contributed by atoms with E-state index in [4.69, 9.17) is 21.1 Å². The van der Waals surface area contributed by atoms with Gasteiger partial charge in [0.05, 0.1) is 0 Å². The van der Waals surface area contributed by atoms with E-state index in [0.29, 0.717) is 10.8 Å². The van der Waals surface area contributed by atoms with E-state index in [1.165, 1.54) is 0 Å². The molecular formula is C18H19ClO3. The fourth-order valence-corrected chi connectivity index (χ4v) is 2.39. The van der Waals surface area contributed by atoms with E-state index in [2.05, 4.69) is 0 Å². The Labute approximate surface area is 135 Å². The first-order valence-corrected chi connectivity index (χ1v) is 7.42. The summed E-state index contributed by atoms with van der Waals surface area (Å²) >= 11 is 6.10. The van der Waals surface area contributed by atoms with E-state index in [1.807, 2.05) is 45.9 Å². The summed E-state index contributed by atoms with van der Waals surface area (Å²) in [6.07, 6.45) is 0. The molecule has 2 aromatic rings. The molecule has 116 valence electrons. The molecule has 2 rings (SSSR count). The van der Waals surface area contributed by atoms with E-state index in [0.717, 1.165) is 28.0 Å². The summed E-state index contributed by atoms with van der Waals surface area (Å²) in [7, 11) is 0. The van der Waals surface area contributed by atoms with Crippen LogP contribution in [-0.2, 0) is 4.79 Å². The molecule has 0 fully saturated rings. The van der Waals surface area contributed by atoms with Gasteiger partial charge in [0, 0.05) is 5.02 Å². The summed E-state index contributed by atoms with van der Waals surface area (Å²) in [6.45, 7) is 7.51. The number of hydrogen-bond donors (Lipinski definition) is 0. The van der Waals surface area contributed by atoms with Gasteiger partial charge < -0.3 is 9.47 Å². The van der Waals surface area contributed by atoms with Crippen molar-refractivity contribution in [3.63, 3.8) is 0 Å². The highest BCUT2D eigenvalue weighted by Crippen LogP contribution is 2.26. The number of carbonyl (C=O) groups is 1. The van der Waals surface area contributed by atoms with Gasteiger partial charge in [0.25, 0.3) is 0 Å². The van der Waals surface area contributed by atoms with E-state index >= 15 is 0 Å². The molecule has 0 saturated heterocycles. The highest BCUT2D eigenvalue weighted by atomic mass is 35.5. The number of esters is 1. The zero-order valence-corrected chi connectivity index (χ0v) is 14.0. The van der Waals surface area contributed by atoms with Crippen LogP contribution in [0.1, 0.15) is 22.3 Å². The lowest BCUT2D eigenvalue weighted by Crippen LogP contribution is -2.18. The zero-order valence-electron chi connectivity index (χ0n) is 13.2. The van der Waals surface area contributed by atoms with Crippen LogP contribution in [0.4, 0.5) is 0 Å². The van der Waals surface area contributed by atoms with Gasteiger partial charge in [0.15, 0.2) is 6.61 Å². The van der Waals surface area contributed by atoms with Crippen LogP contribution in [0.15, 0.2) is 30.3 Å². The standard InChI is InChI=1S/C18H19ClO3/c1-11-6-5-7-12(2)18(11)21-10-16(20)22-15-8-13(3)17(19)14(4)9-15/h5-9H,10H2,1-4H3. The molecule has 0 bridgehead atoms. The summed E-state index contributed by atoms with van der Waals surface area (Å²) in [4.78, 5) is 11.9. The molecule has 3 nitrogen and oxygen atoms in total. The van der Waals surface area contributed by atoms with Gasteiger partial charge in [0.1, 0.15) is 11.5 Å². The molecule has 2 aromatic carbocycles. The van der Waals surface area contributed by atoms with Crippen molar-refractivity contribution in [1.82, 2.24) is 0 Å². The summed E-state index contributed by atoms with van der Waals surface area (Å²) in [5.74, 6) is 0.765. The minimum absolute atomic E-state index is 0.133. The lowest BCUT2D eigenvalue weighted by Gasteiger charge is -2.12. The van der Waals surface area contributed by atoms with Crippen LogP contribution >= 0.6 is 11.6 Å². The van der Waals surface area contributed by atoms with Gasteiger partial charge >= 0.3 is 5.97 Å². The summed E-state index contributed by atoms with van der Waals surface area (Å²) in [5, 5.41) is 0.687. The first kappa shape index (κ1) is 16.4. The predicted octanol–water partition coefficient (Wildman–Crippen LogP) is 4.56. The van der Waals surface area contributed by atoms with Crippen molar-refractivity contribution in [3.8, 4) is 11.5 Å². The second-order valence-electron chi connectivity index (χ2n) is 5.35. The van der Waals surface area contributed by atoms with Crippen LogP contribution in [-0.4, -0.2) is 12.6 Å². The molecule has 0 unspecified atom stereocenters. The molecule has 0 aliphatic rings. The number of hydrogen-bond acceptors (Lipinski definition) is 3. The van der Waals surface area contributed by atoms with Gasteiger partial charge in [-0.25, -0.2) is 4.79 Å². The van der Waals surface area contributed by atoms with Crippen LogP contribution in [0.3, 0.4) is 0 Å². The maximum Gasteiger partial charge on any atom is 0.349 e. The van der Waals surface area contributed by atoms with Gasteiger partial charge in [-0.1, -0.05) is 29.8 Å². The lowest BCUT2D eigenvalue weighted by molar-refractivity contribution is -0.136. The van der Waals surface area contributed by atoms with Crippen molar-refractivity contribution in [2.24, 2.45) is 0 Å². The normalized spacial score (nSPS) is 10.4. The van der Waals surface area contributed by atoms with E-state index in [-0.39, 0.29) is 6.61 Å². The molecule has 0 amide bonds. The minimum Gasteiger partial charge on any atom is -0.481 e. The average molecular weight is 319 g/mol. The van der Waals surface area contributed by atoms with E-state index < -0.39 is 5.97 Å². The van der Waals surface area contributed by atoms with E-state index in [9.17, 15) is 4.79 Å². The first-order chi connectivity index (χ1) is 10.4. The molecule has 0 aliphatic carbocycles. The average Bonchev–Trinajstić information content (AvgIpc) is 2.44. The molecular weight excluding hydrogens is 300 g/mol. The molecule has 0 N–H and O–H groups in total. The Bertz CT molecular complexity index is 664. The molecule has 0 saturated carbocycles. The number of ether oxygens (including phenoxy) is 2. The third-order valence-electron chi connectivity index (χ3n) is 3.38. The highest BCUT2D eigenvalue weighted by Gasteiger charge is 2.11. The summed E-state index contributed by atoms with van der Waals surface area (Å²) < 4.78 is 10.9. The first-order valence-electron chi connectivity index (χ1n) is 7.05. The quantitative estimate of drug-likeness (QED) is 0.612. The van der Waals surface area contributed by atoms with Crippen molar-refractivity contribution in [3.05, 3.63) is 57.6 Å². The number of para-hydroxylation sites is 1. The summed E-state index contributed by atoms with van der Waals surface area (Å²) in [6, 6.07) is 9.33. The van der Waals surface area contributed by atoms with Crippen molar-refractivity contribution in [2.45, 2.75) is 27.7 Å². The van der Waals surface area contributed by atoms with E-state index in [1.54, 1.807) is 12.1 Å². The monoisotopic (exact) mass is 318 g/mol. The van der Waals surface area contributed by atoms with Crippen LogP contribution in [0.5, 0.6) is 11.5 Å². The Hall–Kier alpha value is -2.00. The van der Waals surface area contributed by atoms with Crippen molar-refractivity contribution >= 4 is 17.6 Å². The van der Waals surface area contributed by atoms with Crippen LogP contribution in [0, 0.1) is 27.7 Å². The minimum atomic E-state index is -0.441. The van der Waals surface area contributed by atoms with Gasteiger partial charge in [-0.05, 0) is 62.1 Å². The second-order valence-corrected chi connectivity index (χ2v) is 5.73. The Morgan fingerprint density at radius 3 is 2.09 bits per heavy atom. The van der Waals surface area contributed by atoms with Crippen LogP contribution in [0.2, 0.25) is 5.02 Å². The number of benzene rings is 2. The second kappa shape index (κ2) is 6.84. The number of rotatable bonds is 4. The number of halogens is 1. The molecule has 0 heterocycles. The third kappa shape index (κ3) is 3.80. The number of aryl methyl sites for hydroxylation is 4. The van der Waals surface area contributed by atoms with Crippen LogP contribution < -0.4 is 9.47 Å². The molecule has 22 heavy (non-hydrogen) atoms. The Balaban J connectivity index is 2.02. The molecule has 0 radical (unpaired) electrons. The maximum absolute atomic E-state index is 11.9. The molecule has 0 aliphatic heterocycles. The van der Waals surface area contributed by atoms with Gasteiger partial charge in [-0.3, -0.25) is 0 Å². The van der Waals surface area contributed by atoms with Crippen LogP contribution in [0.25, 0.3) is 0 Å². The maximum atomic E-state index is 11.9. The Morgan fingerprint density at radius 2 is 1.55 bits per heavy atom. The van der Waals surface area contributed by atoms with Crippen molar-refractivity contribution < 1.29 is 14.3 Å². The number of carbonyl (C=O) groups excluding carboxylic acids is 1. The smallest absolute Gasteiger partial charge is 0.349 e. The predicted molar refractivity (Wildman–Crippen MR) is 88.0 cm³/mol. The van der Waals surface area contributed by atoms with Gasteiger partial charge in [-0.2, -0.15) is 0 Å². The molecule has 0 spiro atoms. The summed E-state index contributed by atoms with van der Waals surface area (Å²) in [5.41, 5.74) is 3.73. The fraction of sp³-hybridized carbons (Fsp3) is 0.278. The molecule has 4 heteroatoms. The Morgan fingerprint density at radius 1 is 1.00 bits per heavy atom. The fourth-order valence-electron chi connectivity index (χ4n) is 2.28. The molecule has 0 atom stereocenters. The zero-order chi connectivity index (χ0) is 16.3. The van der Waals surface area contributed by atoms with Gasteiger partial charge in [0.2, 0.25) is 0 Å². The van der Waals surface area contributed by atoms with Crippen molar-refractivity contribution in [2.75, 3.05) is 6.61 Å². The van der Waals surface area contributed by atoms with Crippen molar-refractivity contribution in [1.29, 1.82) is 0 Å². The molecule has 0 aromatic heterocycles. The Kier molecular flexibility index (Phi) is 5.09. The topological polar surface area (TPSA) is 35.5 Å². The lowest BCUT2D eigenvalue weighted by atomic mass is 10.1. The highest BCUT2D eigenvalue weighted by molar-refractivity contribution is 6.32.